The molecule has 2 heterocycles. The highest BCUT2D eigenvalue weighted by Crippen LogP contribution is 2.37. The van der Waals surface area contributed by atoms with Crippen molar-refractivity contribution < 1.29 is 9.47 Å². The van der Waals surface area contributed by atoms with Gasteiger partial charge in [-0.2, -0.15) is 0 Å². The van der Waals surface area contributed by atoms with E-state index >= 15 is 0 Å². The molecule has 0 amide bonds. The fourth-order valence-corrected chi connectivity index (χ4v) is 2.08. The number of nitrogens with one attached hydrogen (secondary N) is 1. The Morgan fingerprint density at radius 2 is 1.93 bits per heavy atom. The van der Waals surface area contributed by atoms with Crippen molar-refractivity contribution in [3.8, 4) is 5.75 Å². The van der Waals surface area contributed by atoms with E-state index in [4.69, 9.17) is 9.47 Å². The van der Waals surface area contributed by atoms with Crippen LogP contribution < -0.4 is 10.1 Å². The summed E-state index contributed by atoms with van der Waals surface area (Å²) in [6, 6.07) is 4.25. The van der Waals surface area contributed by atoms with Crippen LogP contribution in [-0.2, 0) is 18.0 Å². The number of ether oxygens (including phenoxy) is 2. The predicted molar refractivity (Wildman–Crippen MR) is 58.1 cm³/mol. The van der Waals surface area contributed by atoms with Crippen molar-refractivity contribution in [1.82, 2.24) is 0 Å². The number of fused-ring (bicyclic) bond motifs is 2. The van der Waals surface area contributed by atoms with Crippen molar-refractivity contribution >= 4 is 5.69 Å². The van der Waals surface area contributed by atoms with Gasteiger partial charge in [0.25, 0.3) is 0 Å². The molecule has 2 aliphatic rings. The first-order valence-corrected chi connectivity index (χ1v) is 5.29. The van der Waals surface area contributed by atoms with E-state index < -0.39 is 0 Å². The Labute approximate surface area is 89.4 Å². The Morgan fingerprint density at radius 1 is 1.20 bits per heavy atom. The topological polar surface area (TPSA) is 30.5 Å². The molecule has 15 heavy (non-hydrogen) atoms. The molecule has 0 fully saturated rings. The van der Waals surface area contributed by atoms with Gasteiger partial charge in [-0.25, -0.2) is 0 Å². The summed E-state index contributed by atoms with van der Waals surface area (Å²) in [6.45, 7) is 6.43. The molecule has 80 valence electrons. The number of benzene rings is 1. The van der Waals surface area contributed by atoms with Crippen LogP contribution >= 0.6 is 0 Å². The Kier molecular flexibility index (Phi) is 1.74. The molecule has 0 radical (unpaired) electrons. The second-order valence-corrected chi connectivity index (χ2v) is 4.91. The minimum Gasteiger partial charge on any atom is -0.489 e. The van der Waals surface area contributed by atoms with E-state index in [1.54, 1.807) is 0 Å². The van der Waals surface area contributed by atoms with Gasteiger partial charge in [-0.3, -0.25) is 0 Å². The summed E-state index contributed by atoms with van der Waals surface area (Å²) >= 11 is 0. The molecule has 0 unspecified atom stereocenters. The number of rotatable bonds is 0. The molecular weight excluding hydrogens is 190 g/mol. The molecule has 1 aromatic rings. The van der Waals surface area contributed by atoms with Gasteiger partial charge in [-0.15, -0.1) is 0 Å². The van der Waals surface area contributed by atoms with Crippen LogP contribution in [0, 0.1) is 0 Å². The quantitative estimate of drug-likeness (QED) is 0.705. The molecule has 0 aromatic heterocycles. The summed E-state index contributed by atoms with van der Waals surface area (Å²) in [5, 5.41) is 3.49. The third kappa shape index (κ3) is 1.47. The average Bonchev–Trinajstić information content (AvgIpc) is 2.60. The fourth-order valence-electron chi connectivity index (χ4n) is 2.08. The van der Waals surface area contributed by atoms with E-state index in [-0.39, 0.29) is 5.54 Å². The molecule has 2 aliphatic heterocycles. The number of anilines is 1. The monoisotopic (exact) mass is 205 g/mol. The van der Waals surface area contributed by atoms with Crippen LogP contribution in [0.25, 0.3) is 0 Å². The second kappa shape index (κ2) is 2.89. The Balaban J connectivity index is 2.04. The Morgan fingerprint density at radius 3 is 2.73 bits per heavy atom. The van der Waals surface area contributed by atoms with Crippen molar-refractivity contribution in [1.29, 1.82) is 0 Å². The molecule has 1 aromatic carbocycles. The van der Waals surface area contributed by atoms with Crippen LogP contribution in [0.5, 0.6) is 5.75 Å². The van der Waals surface area contributed by atoms with Gasteiger partial charge in [0.05, 0.1) is 24.4 Å². The maximum Gasteiger partial charge on any atom is 0.142 e. The van der Waals surface area contributed by atoms with Crippen molar-refractivity contribution in [2.75, 3.05) is 11.9 Å². The average molecular weight is 205 g/mol. The zero-order valence-electron chi connectivity index (χ0n) is 9.09. The minimum absolute atomic E-state index is 0.0146. The molecule has 3 heteroatoms. The molecule has 1 N–H and O–H groups in total. The normalized spacial score (nSPS) is 21.2. The molecule has 0 bridgehead atoms. The Hall–Kier alpha value is -1.22. The standard InChI is InChI=1S/C12H15NO2/c1-12(2)7-15-11-4-9-6-14-5-8(9)3-10(11)13-12/h3-4,13H,5-7H2,1-2H3. The molecule has 0 spiro atoms. The van der Waals surface area contributed by atoms with Crippen LogP contribution in [0.4, 0.5) is 5.69 Å². The van der Waals surface area contributed by atoms with Gasteiger partial charge in [0.1, 0.15) is 12.4 Å². The van der Waals surface area contributed by atoms with Crippen LogP contribution in [0.3, 0.4) is 0 Å². The molecular formula is C12H15NO2. The van der Waals surface area contributed by atoms with Crippen LogP contribution in [0.15, 0.2) is 12.1 Å². The smallest absolute Gasteiger partial charge is 0.142 e. The number of hydrogen-bond donors (Lipinski definition) is 1. The lowest BCUT2D eigenvalue weighted by atomic mass is 10.0. The summed E-state index contributed by atoms with van der Waals surface area (Å²) in [7, 11) is 0. The van der Waals surface area contributed by atoms with E-state index in [0.29, 0.717) is 6.61 Å². The van der Waals surface area contributed by atoms with E-state index in [2.05, 4.69) is 31.3 Å². The summed E-state index contributed by atoms with van der Waals surface area (Å²) in [6.07, 6.45) is 0. The highest BCUT2D eigenvalue weighted by molar-refractivity contribution is 5.63. The summed E-state index contributed by atoms with van der Waals surface area (Å²) < 4.78 is 11.1. The SMILES string of the molecule is CC1(C)COc2cc3c(cc2N1)COC3. The molecule has 0 saturated heterocycles. The molecule has 3 nitrogen and oxygen atoms in total. The number of hydrogen-bond acceptors (Lipinski definition) is 3. The van der Waals surface area contributed by atoms with Gasteiger partial charge >= 0.3 is 0 Å². The predicted octanol–water partition coefficient (Wildman–Crippen LogP) is 2.30. The lowest BCUT2D eigenvalue weighted by Crippen LogP contribution is -2.40. The van der Waals surface area contributed by atoms with E-state index in [1.165, 1.54) is 11.1 Å². The van der Waals surface area contributed by atoms with E-state index in [0.717, 1.165) is 24.7 Å². The molecule has 0 saturated carbocycles. The van der Waals surface area contributed by atoms with Gasteiger partial charge in [0.2, 0.25) is 0 Å². The highest BCUT2D eigenvalue weighted by Gasteiger charge is 2.27. The first-order chi connectivity index (χ1) is 7.14. The molecule has 0 atom stereocenters. The second-order valence-electron chi connectivity index (χ2n) is 4.91. The van der Waals surface area contributed by atoms with Crippen molar-refractivity contribution in [2.45, 2.75) is 32.6 Å². The first-order valence-electron chi connectivity index (χ1n) is 5.29. The third-order valence-electron chi connectivity index (χ3n) is 2.88. The van der Waals surface area contributed by atoms with Crippen LogP contribution in [-0.4, -0.2) is 12.1 Å². The lowest BCUT2D eigenvalue weighted by Gasteiger charge is -2.34. The first kappa shape index (κ1) is 9.04. The zero-order chi connectivity index (χ0) is 10.5. The maximum atomic E-state index is 5.75. The summed E-state index contributed by atoms with van der Waals surface area (Å²) in [4.78, 5) is 0. The fraction of sp³-hybridized carbons (Fsp3) is 0.500. The zero-order valence-corrected chi connectivity index (χ0v) is 9.09. The van der Waals surface area contributed by atoms with Gasteiger partial charge < -0.3 is 14.8 Å². The third-order valence-corrected chi connectivity index (χ3v) is 2.88. The van der Waals surface area contributed by atoms with Crippen molar-refractivity contribution in [2.24, 2.45) is 0 Å². The molecule has 0 aliphatic carbocycles. The van der Waals surface area contributed by atoms with Crippen molar-refractivity contribution in [3.05, 3.63) is 23.3 Å². The van der Waals surface area contributed by atoms with E-state index in [9.17, 15) is 0 Å². The summed E-state index contributed by atoms with van der Waals surface area (Å²) in [5.41, 5.74) is 3.65. The maximum absolute atomic E-state index is 5.75. The van der Waals surface area contributed by atoms with Gasteiger partial charge in [-0.1, -0.05) is 0 Å². The van der Waals surface area contributed by atoms with Gasteiger partial charge in [-0.05, 0) is 37.1 Å². The van der Waals surface area contributed by atoms with Gasteiger partial charge in [0.15, 0.2) is 0 Å². The molecule has 3 rings (SSSR count). The lowest BCUT2D eigenvalue weighted by molar-refractivity contribution is 0.134. The van der Waals surface area contributed by atoms with E-state index in [1.807, 2.05) is 0 Å². The van der Waals surface area contributed by atoms with Gasteiger partial charge in [0, 0.05) is 0 Å². The highest BCUT2D eigenvalue weighted by atomic mass is 16.5. The van der Waals surface area contributed by atoms with Crippen LogP contribution in [0.2, 0.25) is 0 Å². The summed E-state index contributed by atoms with van der Waals surface area (Å²) in [5.74, 6) is 0.957. The largest absolute Gasteiger partial charge is 0.489 e. The van der Waals surface area contributed by atoms with Crippen molar-refractivity contribution in [3.63, 3.8) is 0 Å². The Bertz CT molecular complexity index is 412. The van der Waals surface area contributed by atoms with Crippen LogP contribution in [0.1, 0.15) is 25.0 Å². The minimum atomic E-state index is 0.0146.